The Morgan fingerprint density at radius 3 is 2.42 bits per heavy atom. The van der Waals surface area contributed by atoms with Gasteiger partial charge in [-0.2, -0.15) is 0 Å². The summed E-state index contributed by atoms with van der Waals surface area (Å²) >= 11 is 6.02. The number of fused-ring (bicyclic) bond motifs is 1. The van der Waals surface area contributed by atoms with E-state index in [1.54, 1.807) is 30.3 Å². The van der Waals surface area contributed by atoms with Crippen molar-refractivity contribution in [2.75, 3.05) is 17.2 Å². The van der Waals surface area contributed by atoms with Crippen molar-refractivity contribution >= 4 is 46.1 Å². The quantitative estimate of drug-likeness (QED) is 0.457. The maximum absolute atomic E-state index is 13.0. The van der Waals surface area contributed by atoms with Gasteiger partial charge in [-0.05, 0) is 54.4 Å². The Labute approximate surface area is 186 Å². The van der Waals surface area contributed by atoms with Crippen molar-refractivity contribution in [3.8, 4) is 0 Å². The number of rotatable bonds is 6. The molecule has 0 unspecified atom stereocenters. The summed E-state index contributed by atoms with van der Waals surface area (Å²) in [5.41, 5.74) is 4.68. The third-order valence-corrected chi connectivity index (χ3v) is 5.24. The van der Waals surface area contributed by atoms with Crippen LogP contribution in [0.25, 0.3) is 11.3 Å². The third kappa shape index (κ3) is 4.47. The number of hydrogen-bond donors (Lipinski definition) is 3. The molecule has 3 aromatic carbocycles. The average Bonchev–Trinajstić information content (AvgIpc) is 3.12. The van der Waals surface area contributed by atoms with Crippen LogP contribution in [0.2, 0.25) is 5.02 Å². The first-order valence-corrected chi connectivity index (χ1v) is 10.5. The number of hydrogen-bond acceptors (Lipinski definition) is 3. The maximum atomic E-state index is 13.0. The van der Waals surface area contributed by atoms with E-state index in [-0.39, 0.29) is 11.8 Å². The minimum atomic E-state index is -0.221. The minimum Gasteiger partial charge on any atom is -0.354 e. The molecule has 6 heteroatoms. The predicted octanol–water partition coefficient (Wildman–Crippen LogP) is 5.41. The lowest BCUT2D eigenvalue weighted by atomic mass is 9.98. The number of amides is 2. The van der Waals surface area contributed by atoms with Crippen molar-refractivity contribution in [2.45, 2.75) is 13.3 Å². The molecular weight excluding hydrogens is 410 g/mol. The molecular formula is C25H22ClN3O2. The molecule has 1 aliphatic heterocycles. The highest BCUT2D eigenvalue weighted by Crippen LogP contribution is 2.38. The van der Waals surface area contributed by atoms with Crippen LogP contribution in [0.3, 0.4) is 0 Å². The van der Waals surface area contributed by atoms with Gasteiger partial charge in [0.1, 0.15) is 0 Å². The number of anilines is 2. The molecule has 1 heterocycles. The largest absolute Gasteiger partial charge is 0.354 e. The highest BCUT2D eigenvalue weighted by molar-refractivity contribution is 6.37. The molecule has 0 saturated heterocycles. The van der Waals surface area contributed by atoms with E-state index in [9.17, 15) is 9.59 Å². The van der Waals surface area contributed by atoms with Crippen LogP contribution in [-0.2, 0) is 4.79 Å². The SMILES string of the molecule is CCCNC(=O)c1ccc2c(c1)/C(=C(/Nc1ccc(Cl)cc1)c1ccccc1)C(=O)N2. The van der Waals surface area contributed by atoms with Crippen LogP contribution < -0.4 is 16.0 Å². The molecule has 4 rings (SSSR count). The first kappa shape index (κ1) is 20.7. The maximum Gasteiger partial charge on any atom is 0.258 e. The Kier molecular flexibility index (Phi) is 6.05. The predicted molar refractivity (Wildman–Crippen MR) is 126 cm³/mol. The molecule has 31 heavy (non-hydrogen) atoms. The van der Waals surface area contributed by atoms with Gasteiger partial charge >= 0.3 is 0 Å². The van der Waals surface area contributed by atoms with Crippen molar-refractivity contribution in [2.24, 2.45) is 0 Å². The van der Waals surface area contributed by atoms with Crippen molar-refractivity contribution in [1.29, 1.82) is 0 Å². The van der Waals surface area contributed by atoms with Crippen molar-refractivity contribution in [3.05, 3.63) is 94.5 Å². The molecule has 0 atom stereocenters. The second kappa shape index (κ2) is 9.06. The summed E-state index contributed by atoms with van der Waals surface area (Å²) in [6, 6.07) is 22.2. The van der Waals surface area contributed by atoms with Crippen LogP contribution in [0.1, 0.15) is 34.8 Å². The van der Waals surface area contributed by atoms with Gasteiger partial charge < -0.3 is 16.0 Å². The summed E-state index contributed by atoms with van der Waals surface area (Å²) in [6.07, 6.45) is 0.852. The topological polar surface area (TPSA) is 70.2 Å². The fourth-order valence-electron chi connectivity index (χ4n) is 3.46. The summed E-state index contributed by atoms with van der Waals surface area (Å²) in [4.78, 5) is 25.5. The smallest absolute Gasteiger partial charge is 0.258 e. The lowest BCUT2D eigenvalue weighted by molar-refractivity contribution is -0.110. The van der Waals surface area contributed by atoms with Crippen LogP contribution in [0.4, 0.5) is 11.4 Å². The van der Waals surface area contributed by atoms with E-state index in [1.807, 2.05) is 49.4 Å². The highest BCUT2D eigenvalue weighted by atomic mass is 35.5. The summed E-state index contributed by atoms with van der Waals surface area (Å²) in [6.45, 7) is 2.60. The number of halogens is 1. The zero-order chi connectivity index (χ0) is 21.8. The summed E-state index contributed by atoms with van der Waals surface area (Å²) in [7, 11) is 0. The van der Waals surface area contributed by atoms with E-state index in [0.717, 1.165) is 17.7 Å². The Morgan fingerprint density at radius 2 is 1.71 bits per heavy atom. The van der Waals surface area contributed by atoms with E-state index in [1.165, 1.54) is 0 Å². The monoisotopic (exact) mass is 431 g/mol. The second-order valence-corrected chi connectivity index (χ2v) is 7.65. The van der Waals surface area contributed by atoms with Crippen LogP contribution in [0, 0.1) is 0 Å². The fraction of sp³-hybridized carbons (Fsp3) is 0.120. The molecule has 0 aliphatic carbocycles. The van der Waals surface area contributed by atoms with E-state index in [4.69, 9.17) is 11.6 Å². The van der Waals surface area contributed by atoms with Gasteiger partial charge in [-0.15, -0.1) is 0 Å². The minimum absolute atomic E-state index is 0.157. The Bertz CT molecular complexity index is 1160. The van der Waals surface area contributed by atoms with Gasteiger partial charge in [-0.25, -0.2) is 0 Å². The van der Waals surface area contributed by atoms with Crippen LogP contribution in [0.5, 0.6) is 0 Å². The summed E-state index contributed by atoms with van der Waals surface area (Å²) < 4.78 is 0. The van der Waals surface area contributed by atoms with Gasteiger partial charge in [0, 0.05) is 34.1 Å². The molecule has 0 saturated carbocycles. The van der Waals surface area contributed by atoms with Crippen molar-refractivity contribution < 1.29 is 9.59 Å². The van der Waals surface area contributed by atoms with Crippen molar-refractivity contribution in [3.63, 3.8) is 0 Å². The Balaban J connectivity index is 1.83. The molecule has 2 amide bonds. The molecule has 1 aliphatic rings. The first-order chi connectivity index (χ1) is 15.1. The van der Waals surface area contributed by atoms with E-state index < -0.39 is 0 Å². The zero-order valence-electron chi connectivity index (χ0n) is 17.0. The Hall–Kier alpha value is -3.57. The fourth-order valence-corrected chi connectivity index (χ4v) is 3.58. The normalized spacial score (nSPS) is 13.9. The van der Waals surface area contributed by atoms with Crippen LogP contribution >= 0.6 is 11.6 Å². The van der Waals surface area contributed by atoms with Gasteiger partial charge in [0.2, 0.25) is 0 Å². The molecule has 0 bridgehead atoms. The first-order valence-electron chi connectivity index (χ1n) is 10.1. The number of carbonyl (C=O) groups is 2. The molecule has 0 fully saturated rings. The highest BCUT2D eigenvalue weighted by Gasteiger charge is 2.29. The van der Waals surface area contributed by atoms with Crippen LogP contribution in [0.15, 0.2) is 72.8 Å². The van der Waals surface area contributed by atoms with Gasteiger partial charge in [0.05, 0.1) is 11.3 Å². The second-order valence-electron chi connectivity index (χ2n) is 7.22. The molecule has 156 valence electrons. The van der Waals surface area contributed by atoms with Crippen LogP contribution in [-0.4, -0.2) is 18.4 Å². The lowest BCUT2D eigenvalue weighted by Gasteiger charge is -2.15. The number of nitrogens with one attached hydrogen (secondary N) is 3. The molecule has 3 aromatic rings. The van der Waals surface area contributed by atoms with E-state index >= 15 is 0 Å². The molecule has 3 N–H and O–H groups in total. The molecule has 0 spiro atoms. The van der Waals surface area contributed by atoms with Gasteiger partial charge in [-0.1, -0.05) is 48.9 Å². The Morgan fingerprint density at radius 1 is 0.968 bits per heavy atom. The van der Waals surface area contributed by atoms with Gasteiger partial charge in [0.25, 0.3) is 11.8 Å². The lowest BCUT2D eigenvalue weighted by Crippen LogP contribution is -2.23. The molecule has 5 nitrogen and oxygen atoms in total. The average molecular weight is 432 g/mol. The summed E-state index contributed by atoms with van der Waals surface area (Å²) in [5.74, 6) is -0.378. The standard InChI is InChI=1S/C25H22ClN3O2/c1-2-14-27-24(30)17-8-13-21-20(15-17)22(25(31)29-21)23(16-6-4-3-5-7-16)28-19-11-9-18(26)10-12-19/h3-13,15,28H,2,14H2,1H3,(H,27,30)(H,29,31)/b23-22-. The zero-order valence-corrected chi connectivity index (χ0v) is 17.8. The number of carbonyl (C=O) groups excluding carboxylic acids is 2. The molecule has 0 aromatic heterocycles. The van der Waals surface area contributed by atoms with Gasteiger partial charge in [0.15, 0.2) is 0 Å². The number of benzene rings is 3. The third-order valence-electron chi connectivity index (χ3n) is 4.99. The summed E-state index contributed by atoms with van der Waals surface area (Å²) in [5, 5.41) is 9.80. The molecule has 0 radical (unpaired) electrons. The van der Waals surface area contributed by atoms with E-state index in [0.29, 0.717) is 39.7 Å². The van der Waals surface area contributed by atoms with E-state index in [2.05, 4.69) is 16.0 Å². The van der Waals surface area contributed by atoms with Gasteiger partial charge in [-0.3, -0.25) is 9.59 Å². The van der Waals surface area contributed by atoms with Crippen molar-refractivity contribution in [1.82, 2.24) is 5.32 Å².